The average Bonchev–Trinajstić information content (AvgIpc) is 3.09. The van der Waals surface area contributed by atoms with E-state index < -0.39 is 5.91 Å². The van der Waals surface area contributed by atoms with Crippen LogP contribution in [-0.2, 0) is 0 Å². The second kappa shape index (κ2) is 7.63. The molecule has 1 heterocycles. The van der Waals surface area contributed by atoms with Crippen molar-refractivity contribution in [1.29, 1.82) is 0 Å². The molecule has 3 rings (SSSR count). The number of ether oxygens (including phenoxy) is 2. The van der Waals surface area contributed by atoms with Crippen LogP contribution < -0.4 is 14.8 Å². The summed E-state index contributed by atoms with van der Waals surface area (Å²) < 4.78 is 14.9. The van der Waals surface area contributed by atoms with Crippen LogP contribution in [-0.4, -0.2) is 30.4 Å². The lowest BCUT2D eigenvalue weighted by Crippen LogP contribution is -2.13. The monoisotopic (exact) mass is 393 g/mol. The fourth-order valence-electron chi connectivity index (χ4n) is 2.27. The van der Waals surface area contributed by atoms with E-state index in [1.807, 2.05) is 0 Å². The summed E-state index contributed by atoms with van der Waals surface area (Å²) in [5.41, 5.74) is 1.32. The number of nitrogens with zero attached hydrogens (tertiary/aromatic N) is 2. The molecule has 0 bridgehead atoms. The molecule has 0 saturated carbocycles. The first-order valence-electron chi connectivity index (χ1n) is 7.35. The Hall–Kier alpha value is -2.77. The van der Waals surface area contributed by atoms with Crippen molar-refractivity contribution in [2.75, 3.05) is 19.5 Å². The van der Waals surface area contributed by atoms with Crippen LogP contribution in [0.5, 0.6) is 11.5 Å². The standard InChI is InChI=1S/C17H13Cl2N3O4/c1-24-11-5-3-9(4-6-11)14-16(22-26-21-14)20-17(23)10-7-12(18)15(25-2)13(19)8-10/h3-8H,1-2H3,(H,20,22,23). The van der Waals surface area contributed by atoms with Gasteiger partial charge in [-0.2, -0.15) is 0 Å². The van der Waals surface area contributed by atoms with Gasteiger partial charge in [0.15, 0.2) is 11.4 Å². The lowest BCUT2D eigenvalue weighted by molar-refractivity contribution is 0.102. The van der Waals surface area contributed by atoms with E-state index in [0.717, 1.165) is 0 Å². The molecule has 134 valence electrons. The van der Waals surface area contributed by atoms with Gasteiger partial charge in [-0.1, -0.05) is 23.2 Å². The topological polar surface area (TPSA) is 86.5 Å². The van der Waals surface area contributed by atoms with Gasteiger partial charge in [-0.3, -0.25) is 4.79 Å². The number of halogens is 2. The lowest BCUT2D eigenvalue weighted by Gasteiger charge is -2.09. The molecule has 0 radical (unpaired) electrons. The molecule has 26 heavy (non-hydrogen) atoms. The van der Waals surface area contributed by atoms with Crippen LogP contribution in [0.15, 0.2) is 41.0 Å². The fourth-order valence-corrected chi connectivity index (χ4v) is 2.92. The van der Waals surface area contributed by atoms with E-state index in [1.54, 1.807) is 31.4 Å². The Balaban J connectivity index is 1.86. The van der Waals surface area contributed by atoms with Crippen LogP contribution in [0.4, 0.5) is 5.82 Å². The zero-order valence-corrected chi connectivity index (χ0v) is 15.3. The SMILES string of the molecule is COc1ccc(-c2nonc2NC(=O)c2cc(Cl)c(OC)c(Cl)c2)cc1. The first kappa shape index (κ1) is 18.0. The van der Waals surface area contributed by atoms with Crippen molar-refractivity contribution >= 4 is 34.9 Å². The minimum Gasteiger partial charge on any atom is -0.497 e. The number of carbonyl (C=O) groups excluding carboxylic acids is 1. The molecule has 1 amide bonds. The van der Waals surface area contributed by atoms with Gasteiger partial charge in [0.1, 0.15) is 5.75 Å². The van der Waals surface area contributed by atoms with Crippen LogP contribution in [0.2, 0.25) is 10.0 Å². The predicted octanol–water partition coefficient (Wildman–Crippen LogP) is 4.31. The Kier molecular flexibility index (Phi) is 5.29. The van der Waals surface area contributed by atoms with Gasteiger partial charge in [0, 0.05) is 11.1 Å². The summed E-state index contributed by atoms with van der Waals surface area (Å²) in [4.78, 5) is 12.5. The highest BCUT2D eigenvalue weighted by molar-refractivity contribution is 6.37. The van der Waals surface area contributed by atoms with Crippen LogP contribution in [0.25, 0.3) is 11.3 Å². The molecule has 0 fully saturated rings. The smallest absolute Gasteiger partial charge is 0.257 e. The molecule has 3 aromatic rings. The highest BCUT2D eigenvalue weighted by Crippen LogP contribution is 2.34. The first-order chi connectivity index (χ1) is 12.5. The van der Waals surface area contributed by atoms with Gasteiger partial charge in [0.25, 0.3) is 5.91 Å². The van der Waals surface area contributed by atoms with Crippen LogP contribution in [0.1, 0.15) is 10.4 Å². The average molecular weight is 394 g/mol. The number of nitrogens with one attached hydrogen (secondary N) is 1. The van der Waals surface area contributed by atoms with E-state index in [0.29, 0.717) is 22.8 Å². The van der Waals surface area contributed by atoms with E-state index in [9.17, 15) is 4.79 Å². The van der Waals surface area contributed by atoms with E-state index in [1.165, 1.54) is 19.2 Å². The van der Waals surface area contributed by atoms with E-state index in [-0.39, 0.29) is 21.4 Å². The molecule has 7 nitrogen and oxygen atoms in total. The first-order valence-corrected chi connectivity index (χ1v) is 8.10. The zero-order chi connectivity index (χ0) is 18.7. The third-order valence-electron chi connectivity index (χ3n) is 3.55. The van der Waals surface area contributed by atoms with Crippen molar-refractivity contribution in [3.05, 3.63) is 52.0 Å². The zero-order valence-electron chi connectivity index (χ0n) is 13.7. The van der Waals surface area contributed by atoms with Gasteiger partial charge in [-0.25, -0.2) is 4.63 Å². The number of methoxy groups -OCH3 is 2. The molecule has 0 atom stereocenters. The summed E-state index contributed by atoms with van der Waals surface area (Å²) in [6.07, 6.45) is 0. The maximum absolute atomic E-state index is 12.5. The van der Waals surface area contributed by atoms with Gasteiger partial charge < -0.3 is 14.8 Å². The number of anilines is 1. The molecule has 0 spiro atoms. The van der Waals surface area contributed by atoms with E-state index >= 15 is 0 Å². The number of hydrogen-bond donors (Lipinski definition) is 1. The summed E-state index contributed by atoms with van der Waals surface area (Å²) >= 11 is 12.1. The fraction of sp³-hybridized carbons (Fsp3) is 0.118. The molecule has 0 aliphatic rings. The molecule has 0 unspecified atom stereocenters. The third kappa shape index (κ3) is 3.58. The molecule has 0 aliphatic carbocycles. The van der Waals surface area contributed by atoms with Gasteiger partial charge in [-0.05, 0) is 46.7 Å². The predicted molar refractivity (Wildman–Crippen MR) is 97.3 cm³/mol. The normalized spacial score (nSPS) is 10.5. The van der Waals surface area contributed by atoms with E-state index in [4.69, 9.17) is 37.3 Å². The Morgan fingerprint density at radius 2 is 1.69 bits per heavy atom. The maximum Gasteiger partial charge on any atom is 0.257 e. The van der Waals surface area contributed by atoms with Crippen molar-refractivity contribution in [2.24, 2.45) is 0 Å². The molecule has 0 aliphatic heterocycles. The minimum absolute atomic E-state index is 0.170. The van der Waals surface area contributed by atoms with Crippen molar-refractivity contribution in [1.82, 2.24) is 10.3 Å². The molecular weight excluding hydrogens is 381 g/mol. The Labute approximate surface area is 158 Å². The van der Waals surface area contributed by atoms with Gasteiger partial charge >= 0.3 is 0 Å². The van der Waals surface area contributed by atoms with Crippen molar-refractivity contribution in [3.63, 3.8) is 0 Å². The number of carbonyl (C=O) groups is 1. The van der Waals surface area contributed by atoms with E-state index in [2.05, 4.69) is 15.6 Å². The van der Waals surface area contributed by atoms with Crippen LogP contribution >= 0.6 is 23.2 Å². The van der Waals surface area contributed by atoms with Gasteiger partial charge in [-0.15, -0.1) is 0 Å². The highest BCUT2D eigenvalue weighted by atomic mass is 35.5. The second-order valence-corrected chi connectivity index (χ2v) is 5.93. The molecule has 1 N–H and O–H groups in total. The molecular formula is C17H13Cl2N3O4. The summed E-state index contributed by atoms with van der Waals surface area (Å²) in [7, 11) is 3.01. The number of benzene rings is 2. The lowest BCUT2D eigenvalue weighted by atomic mass is 10.1. The van der Waals surface area contributed by atoms with Gasteiger partial charge in [0.05, 0.1) is 24.3 Å². The quantitative estimate of drug-likeness (QED) is 0.694. The molecule has 9 heteroatoms. The number of aromatic nitrogens is 2. The summed E-state index contributed by atoms with van der Waals surface area (Å²) in [6.45, 7) is 0. The van der Waals surface area contributed by atoms with Crippen LogP contribution in [0, 0.1) is 0 Å². The second-order valence-electron chi connectivity index (χ2n) is 5.12. The summed E-state index contributed by atoms with van der Waals surface area (Å²) in [5.74, 6) is 0.690. The maximum atomic E-state index is 12.5. The molecule has 1 aromatic heterocycles. The highest BCUT2D eigenvalue weighted by Gasteiger charge is 2.18. The Morgan fingerprint density at radius 3 is 2.27 bits per heavy atom. The van der Waals surface area contributed by atoms with Crippen molar-refractivity contribution < 1.29 is 18.9 Å². The summed E-state index contributed by atoms with van der Waals surface area (Å²) in [6, 6.07) is 9.96. The number of amides is 1. The molecule has 0 saturated heterocycles. The Bertz CT molecular complexity index is 918. The third-order valence-corrected chi connectivity index (χ3v) is 4.11. The largest absolute Gasteiger partial charge is 0.497 e. The van der Waals surface area contributed by atoms with Crippen molar-refractivity contribution in [2.45, 2.75) is 0 Å². The molecule has 2 aromatic carbocycles. The minimum atomic E-state index is -0.470. The van der Waals surface area contributed by atoms with Crippen LogP contribution in [0.3, 0.4) is 0 Å². The number of hydrogen-bond acceptors (Lipinski definition) is 6. The summed E-state index contributed by atoms with van der Waals surface area (Å²) in [5, 5.41) is 10.6. The van der Waals surface area contributed by atoms with Crippen molar-refractivity contribution in [3.8, 4) is 22.8 Å². The Morgan fingerprint density at radius 1 is 1.04 bits per heavy atom. The number of rotatable bonds is 5. The van der Waals surface area contributed by atoms with Gasteiger partial charge in [0.2, 0.25) is 5.82 Å².